The Bertz CT molecular complexity index is 721. The lowest BCUT2D eigenvalue weighted by molar-refractivity contribution is -0.125. The molecule has 0 radical (unpaired) electrons. The number of anilines is 1. The fourth-order valence-corrected chi connectivity index (χ4v) is 3.49. The Morgan fingerprint density at radius 3 is 2.74 bits per heavy atom. The Hall–Kier alpha value is -1.97. The summed E-state index contributed by atoms with van der Waals surface area (Å²) in [6, 6.07) is 7.49. The number of likely N-dealkylation sites (N-methyl/N-ethyl adjacent to an activating group) is 1. The maximum atomic E-state index is 14.2. The first-order chi connectivity index (χ1) is 9.15. The number of hydrogen-bond acceptors (Lipinski definition) is 2. The molecule has 1 aromatic heterocycles. The number of nitrogens with zero attached hydrogens (tertiary/aromatic N) is 2. The molecule has 2 heterocycles. The molecule has 2 aromatic rings. The molecule has 1 aliphatic heterocycles. The van der Waals surface area contributed by atoms with E-state index in [1.54, 1.807) is 13.1 Å². The number of pyridine rings is 1. The van der Waals surface area contributed by atoms with Crippen LogP contribution in [-0.2, 0) is 10.2 Å². The number of amides is 1. The second-order valence-electron chi connectivity index (χ2n) is 5.44. The molecule has 96 valence electrons. The summed E-state index contributed by atoms with van der Waals surface area (Å²) < 4.78 is 14.2. The van der Waals surface area contributed by atoms with Gasteiger partial charge in [-0.05, 0) is 18.9 Å². The average Bonchev–Trinajstić information content (AvgIpc) is 2.60. The van der Waals surface area contributed by atoms with Gasteiger partial charge in [-0.1, -0.05) is 24.6 Å². The summed E-state index contributed by atoms with van der Waals surface area (Å²) in [6.07, 6.45) is 2.66. The van der Waals surface area contributed by atoms with E-state index in [2.05, 4.69) is 4.98 Å². The molecule has 1 saturated carbocycles. The van der Waals surface area contributed by atoms with Crippen LogP contribution in [-0.4, -0.2) is 17.9 Å². The van der Waals surface area contributed by atoms with E-state index in [1.807, 2.05) is 18.2 Å². The Morgan fingerprint density at radius 2 is 2.05 bits per heavy atom. The van der Waals surface area contributed by atoms with Crippen LogP contribution in [0.2, 0.25) is 0 Å². The standard InChI is InChI=1S/C15H13FN2O/c1-18-12-11(15(14(18)19)7-4-8-15)9-5-2-3-6-10(9)17-13(12)16/h2-3,5-6H,4,7-8H2,1H3. The van der Waals surface area contributed by atoms with E-state index < -0.39 is 11.4 Å². The molecule has 2 aliphatic rings. The molecule has 19 heavy (non-hydrogen) atoms. The van der Waals surface area contributed by atoms with Gasteiger partial charge in [-0.3, -0.25) is 4.79 Å². The van der Waals surface area contributed by atoms with Crippen LogP contribution in [0, 0.1) is 5.95 Å². The van der Waals surface area contributed by atoms with E-state index in [0.717, 1.165) is 30.2 Å². The summed E-state index contributed by atoms with van der Waals surface area (Å²) in [5.74, 6) is -0.515. The summed E-state index contributed by atoms with van der Waals surface area (Å²) in [5.41, 5.74) is 1.37. The van der Waals surface area contributed by atoms with Crippen LogP contribution in [0.3, 0.4) is 0 Å². The van der Waals surface area contributed by atoms with Crippen LogP contribution in [0.5, 0.6) is 0 Å². The number of aromatic nitrogens is 1. The predicted octanol–water partition coefficient (Wildman–Crippen LogP) is 2.77. The van der Waals surface area contributed by atoms with Gasteiger partial charge in [0.25, 0.3) is 0 Å². The molecule has 1 aromatic carbocycles. The molecular formula is C15H13FN2O. The molecular weight excluding hydrogens is 243 g/mol. The van der Waals surface area contributed by atoms with E-state index in [4.69, 9.17) is 0 Å². The summed E-state index contributed by atoms with van der Waals surface area (Å²) in [4.78, 5) is 17.9. The van der Waals surface area contributed by atoms with Gasteiger partial charge in [-0.2, -0.15) is 4.39 Å². The number of fused-ring (bicyclic) bond motifs is 4. The monoisotopic (exact) mass is 256 g/mol. The molecule has 0 saturated heterocycles. The van der Waals surface area contributed by atoms with E-state index in [-0.39, 0.29) is 5.91 Å². The lowest BCUT2D eigenvalue weighted by Gasteiger charge is -2.37. The Kier molecular flexibility index (Phi) is 1.91. The maximum absolute atomic E-state index is 14.2. The fourth-order valence-electron chi connectivity index (χ4n) is 3.49. The normalized spacial score (nSPS) is 19.9. The first kappa shape index (κ1) is 10.9. The molecule has 0 unspecified atom stereocenters. The molecule has 1 spiro atoms. The van der Waals surface area contributed by atoms with Crippen molar-refractivity contribution in [1.29, 1.82) is 0 Å². The summed E-state index contributed by atoms with van der Waals surface area (Å²) in [6.45, 7) is 0. The number of carbonyl (C=O) groups excluding carboxylic acids is 1. The van der Waals surface area contributed by atoms with Gasteiger partial charge in [0.1, 0.15) is 5.69 Å². The number of rotatable bonds is 0. The summed E-state index contributed by atoms with van der Waals surface area (Å²) in [7, 11) is 1.65. The van der Waals surface area contributed by atoms with Crippen molar-refractivity contribution in [2.24, 2.45) is 0 Å². The van der Waals surface area contributed by atoms with Gasteiger partial charge in [-0.25, -0.2) is 4.98 Å². The third-order valence-corrected chi connectivity index (χ3v) is 4.56. The number of para-hydroxylation sites is 1. The fraction of sp³-hybridized carbons (Fsp3) is 0.333. The number of hydrogen-bond donors (Lipinski definition) is 0. The summed E-state index contributed by atoms with van der Waals surface area (Å²) >= 11 is 0. The van der Waals surface area contributed by atoms with Gasteiger partial charge >= 0.3 is 0 Å². The van der Waals surface area contributed by atoms with E-state index >= 15 is 0 Å². The topological polar surface area (TPSA) is 33.2 Å². The van der Waals surface area contributed by atoms with Gasteiger partial charge in [0.15, 0.2) is 0 Å². The Labute approximate surface area is 110 Å². The summed E-state index contributed by atoms with van der Waals surface area (Å²) in [5, 5.41) is 0.913. The molecule has 1 amide bonds. The lowest BCUT2D eigenvalue weighted by atomic mass is 9.64. The van der Waals surface area contributed by atoms with Crippen molar-refractivity contribution >= 4 is 22.5 Å². The number of halogens is 1. The second kappa shape index (κ2) is 3.32. The van der Waals surface area contributed by atoms with Crippen LogP contribution in [0.15, 0.2) is 24.3 Å². The van der Waals surface area contributed by atoms with E-state index in [1.165, 1.54) is 4.90 Å². The van der Waals surface area contributed by atoms with E-state index in [0.29, 0.717) is 11.2 Å². The van der Waals surface area contributed by atoms with Crippen molar-refractivity contribution in [3.05, 3.63) is 35.8 Å². The third-order valence-electron chi connectivity index (χ3n) is 4.56. The van der Waals surface area contributed by atoms with Gasteiger partial charge in [0.2, 0.25) is 11.9 Å². The smallest absolute Gasteiger partial charge is 0.237 e. The van der Waals surface area contributed by atoms with Crippen LogP contribution in [0.25, 0.3) is 10.9 Å². The highest BCUT2D eigenvalue weighted by Crippen LogP contribution is 2.55. The third kappa shape index (κ3) is 1.12. The molecule has 1 fully saturated rings. The zero-order valence-electron chi connectivity index (χ0n) is 10.6. The van der Waals surface area contributed by atoms with Gasteiger partial charge in [-0.15, -0.1) is 0 Å². The van der Waals surface area contributed by atoms with Gasteiger partial charge < -0.3 is 4.90 Å². The zero-order valence-corrected chi connectivity index (χ0v) is 10.6. The second-order valence-corrected chi connectivity index (χ2v) is 5.44. The first-order valence-corrected chi connectivity index (χ1v) is 6.52. The van der Waals surface area contributed by atoms with Crippen molar-refractivity contribution in [3.8, 4) is 0 Å². The maximum Gasteiger partial charge on any atom is 0.237 e. The van der Waals surface area contributed by atoms with Crippen LogP contribution < -0.4 is 4.90 Å². The molecule has 4 rings (SSSR count). The highest BCUT2D eigenvalue weighted by molar-refractivity contribution is 6.12. The van der Waals surface area contributed by atoms with Crippen molar-refractivity contribution in [1.82, 2.24) is 4.98 Å². The number of benzene rings is 1. The minimum absolute atomic E-state index is 0.0193. The number of carbonyl (C=O) groups is 1. The molecule has 1 aliphatic carbocycles. The molecule has 0 atom stereocenters. The average molecular weight is 256 g/mol. The van der Waals surface area contributed by atoms with Crippen LogP contribution in [0.4, 0.5) is 10.1 Å². The highest BCUT2D eigenvalue weighted by Gasteiger charge is 2.55. The SMILES string of the molecule is CN1C(=O)C2(CCC2)c2c1c(F)nc1ccccc21. The molecule has 0 bridgehead atoms. The van der Waals surface area contributed by atoms with Crippen molar-refractivity contribution in [2.75, 3.05) is 11.9 Å². The van der Waals surface area contributed by atoms with Crippen molar-refractivity contribution in [3.63, 3.8) is 0 Å². The molecule has 4 heteroatoms. The zero-order chi connectivity index (χ0) is 13.2. The van der Waals surface area contributed by atoms with Gasteiger partial charge in [0, 0.05) is 18.0 Å². The molecule has 0 N–H and O–H groups in total. The van der Waals surface area contributed by atoms with Gasteiger partial charge in [0.05, 0.1) is 10.9 Å². The minimum Gasteiger partial charge on any atom is -0.310 e. The largest absolute Gasteiger partial charge is 0.310 e. The van der Waals surface area contributed by atoms with E-state index in [9.17, 15) is 9.18 Å². The first-order valence-electron chi connectivity index (χ1n) is 6.52. The molecule has 3 nitrogen and oxygen atoms in total. The predicted molar refractivity (Wildman–Crippen MR) is 70.6 cm³/mol. The lowest BCUT2D eigenvalue weighted by Crippen LogP contribution is -2.43. The van der Waals surface area contributed by atoms with Crippen LogP contribution >= 0.6 is 0 Å². The Balaban J connectivity index is 2.17. The minimum atomic E-state index is -0.534. The van der Waals surface area contributed by atoms with Crippen molar-refractivity contribution < 1.29 is 9.18 Å². The van der Waals surface area contributed by atoms with Crippen LogP contribution in [0.1, 0.15) is 24.8 Å². The van der Waals surface area contributed by atoms with Crippen molar-refractivity contribution in [2.45, 2.75) is 24.7 Å². The quantitative estimate of drug-likeness (QED) is 0.679. The highest BCUT2D eigenvalue weighted by atomic mass is 19.1. The Morgan fingerprint density at radius 1 is 1.32 bits per heavy atom.